The molecule has 0 heterocycles. The molecule has 0 aliphatic rings. The minimum absolute atomic E-state index is 0.0835. The quantitative estimate of drug-likeness (QED) is 0.531. The molecule has 0 aromatic heterocycles. The van der Waals surface area contributed by atoms with Crippen molar-refractivity contribution in [2.45, 2.75) is 32.6 Å². The second-order valence-electron chi connectivity index (χ2n) is 6.05. The molecule has 5 nitrogen and oxygen atoms in total. The first-order valence-corrected chi connectivity index (χ1v) is 9.03. The van der Waals surface area contributed by atoms with Gasteiger partial charge in [-0.05, 0) is 55.2 Å². The highest BCUT2D eigenvalue weighted by atomic mass is 35.5. The van der Waals surface area contributed by atoms with Crippen molar-refractivity contribution in [2.24, 2.45) is 0 Å². The molecular formula is C20H22ClFN2O3. The van der Waals surface area contributed by atoms with Crippen LogP contribution in [0.1, 0.15) is 30.4 Å². The number of benzene rings is 2. The Morgan fingerprint density at radius 1 is 1.07 bits per heavy atom. The first kappa shape index (κ1) is 20.7. The van der Waals surface area contributed by atoms with Crippen LogP contribution < -0.4 is 15.6 Å². The molecule has 2 aromatic carbocycles. The van der Waals surface area contributed by atoms with Crippen molar-refractivity contribution in [3.63, 3.8) is 0 Å². The number of aryl methyl sites for hydroxylation is 2. The molecule has 0 saturated heterocycles. The van der Waals surface area contributed by atoms with Gasteiger partial charge in [-0.1, -0.05) is 29.8 Å². The number of rotatable bonds is 8. The summed E-state index contributed by atoms with van der Waals surface area (Å²) in [4.78, 5) is 23.5. The van der Waals surface area contributed by atoms with Crippen LogP contribution in [0.15, 0.2) is 42.5 Å². The summed E-state index contributed by atoms with van der Waals surface area (Å²) in [6.07, 6.45) is 1.06. The topological polar surface area (TPSA) is 67.4 Å². The summed E-state index contributed by atoms with van der Waals surface area (Å²) >= 11 is 5.88. The maximum absolute atomic E-state index is 13.5. The smallest absolute Gasteiger partial charge is 0.238 e. The third kappa shape index (κ3) is 7.27. The van der Waals surface area contributed by atoms with Crippen molar-refractivity contribution < 1.29 is 18.7 Å². The molecule has 0 spiro atoms. The van der Waals surface area contributed by atoms with Gasteiger partial charge in [0.05, 0.1) is 6.61 Å². The minimum Gasteiger partial charge on any atom is -0.493 e. The molecule has 0 radical (unpaired) electrons. The Morgan fingerprint density at radius 3 is 2.48 bits per heavy atom. The number of amides is 2. The molecule has 0 atom stereocenters. The van der Waals surface area contributed by atoms with Gasteiger partial charge in [0.25, 0.3) is 0 Å². The molecule has 2 aromatic rings. The number of carbonyl (C=O) groups excluding carboxylic acids is 2. The molecule has 0 saturated carbocycles. The Morgan fingerprint density at radius 2 is 1.78 bits per heavy atom. The lowest BCUT2D eigenvalue weighted by molar-refractivity contribution is -0.129. The molecule has 27 heavy (non-hydrogen) atoms. The molecule has 7 heteroatoms. The third-order valence-corrected chi connectivity index (χ3v) is 4.10. The summed E-state index contributed by atoms with van der Waals surface area (Å²) in [6.45, 7) is 2.27. The van der Waals surface area contributed by atoms with Crippen LogP contribution in [-0.2, 0) is 16.0 Å². The number of carbonyl (C=O) groups is 2. The predicted molar refractivity (Wildman–Crippen MR) is 102 cm³/mol. The molecule has 0 unspecified atom stereocenters. The Balaban J connectivity index is 1.60. The van der Waals surface area contributed by atoms with E-state index in [1.807, 2.05) is 6.92 Å². The maximum Gasteiger partial charge on any atom is 0.238 e. The van der Waals surface area contributed by atoms with Crippen LogP contribution >= 0.6 is 11.6 Å². The third-order valence-electron chi connectivity index (χ3n) is 3.86. The van der Waals surface area contributed by atoms with Gasteiger partial charge < -0.3 is 4.74 Å². The van der Waals surface area contributed by atoms with Crippen molar-refractivity contribution in [3.05, 3.63) is 64.4 Å². The van der Waals surface area contributed by atoms with Gasteiger partial charge in [0.2, 0.25) is 11.8 Å². The minimum atomic E-state index is -0.375. The first-order valence-electron chi connectivity index (χ1n) is 8.66. The number of hydrogen-bond donors (Lipinski definition) is 2. The summed E-state index contributed by atoms with van der Waals surface area (Å²) in [6, 6.07) is 11.6. The zero-order valence-corrected chi connectivity index (χ0v) is 15.8. The van der Waals surface area contributed by atoms with E-state index >= 15 is 0 Å². The van der Waals surface area contributed by atoms with Gasteiger partial charge >= 0.3 is 0 Å². The van der Waals surface area contributed by atoms with E-state index in [0.29, 0.717) is 23.6 Å². The highest BCUT2D eigenvalue weighted by Crippen LogP contribution is 2.21. The largest absolute Gasteiger partial charge is 0.493 e. The van der Waals surface area contributed by atoms with E-state index < -0.39 is 0 Å². The second-order valence-corrected chi connectivity index (χ2v) is 6.49. The number of nitrogens with one attached hydrogen (secondary N) is 2. The highest BCUT2D eigenvalue weighted by molar-refractivity contribution is 6.30. The number of hydrogen-bond acceptors (Lipinski definition) is 3. The normalized spacial score (nSPS) is 10.3. The Bertz CT molecular complexity index is 799. The standard InChI is InChI=1S/C20H22ClFN2O3/c1-14-13-16(21)9-10-18(14)27-12-4-7-19(25)23-24-20(26)11-8-15-5-2-3-6-17(15)22/h2-3,5-6,9-10,13H,4,7-8,11-12H2,1H3,(H,23,25)(H,24,26). The van der Waals surface area contributed by atoms with E-state index in [4.69, 9.17) is 16.3 Å². The van der Waals surface area contributed by atoms with Crippen molar-refractivity contribution in [2.75, 3.05) is 6.61 Å². The van der Waals surface area contributed by atoms with Crippen molar-refractivity contribution in [1.82, 2.24) is 10.9 Å². The van der Waals surface area contributed by atoms with Crippen molar-refractivity contribution >= 4 is 23.4 Å². The lowest BCUT2D eigenvalue weighted by Crippen LogP contribution is -2.41. The first-order chi connectivity index (χ1) is 13.0. The van der Waals surface area contributed by atoms with Gasteiger partial charge in [0, 0.05) is 17.9 Å². The van der Waals surface area contributed by atoms with Gasteiger partial charge in [-0.15, -0.1) is 0 Å². The maximum atomic E-state index is 13.5. The fourth-order valence-electron chi connectivity index (χ4n) is 2.40. The monoisotopic (exact) mass is 392 g/mol. The van der Waals surface area contributed by atoms with E-state index in [9.17, 15) is 14.0 Å². The Labute approximate surface area is 162 Å². The zero-order valence-electron chi connectivity index (χ0n) is 15.1. The van der Waals surface area contributed by atoms with Gasteiger partial charge in [-0.25, -0.2) is 4.39 Å². The SMILES string of the molecule is Cc1cc(Cl)ccc1OCCCC(=O)NNC(=O)CCc1ccccc1F. The molecule has 2 amide bonds. The van der Waals surface area contributed by atoms with E-state index in [1.165, 1.54) is 6.07 Å². The van der Waals surface area contributed by atoms with Gasteiger partial charge in [0.1, 0.15) is 11.6 Å². The lowest BCUT2D eigenvalue weighted by atomic mass is 10.1. The van der Waals surface area contributed by atoms with Crippen LogP contribution in [0.25, 0.3) is 0 Å². The summed E-state index contributed by atoms with van der Waals surface area (Å²) in [5.74, 6) is -0.308. The number of ether oxygens (including phenoxy) is 1. The summed E-state index contributed by atoms with van der Waals surface area (Å²) in [5.41, 5.74) is 6.07. The number of hydrazine groups is 1. The fraction of sp³-hybridized carbons (Fsp3) is 0.300. The van der Waals surface area contributed by atoms with E-state index in [1.54, 1.807) is 36.4 Å². The van der Waals surface area contributed by atoms with Gasteiger partial charge in [-0.2, -0.15) is 0 Å². The average molecular weight is 393 g/mol. The van der Waals surface area contributed by atoms with E-state index in [0.717, 1.165) is 11.3 Å². The van der Waals surface area contributed by atoms with Crippen LogP contribution in [0.2, 0.25) is 5.02 Å². The van der Waals surface area contributed by atoms with Crippen LogP contribution in [0.3, 0.4) is 0 Å². The van der Waals surface area contributed by atoms with Crippen LogP contribution in [0, 0.1) is 12.7 Å². The van der Waals surface area contributed by atoms with Crippen molar-refractivity contribution in [1.29, 1.82) is 0 Å². The zero-order chi connectivity index (χ0) is 19.6. The lowest BCUT2D eigenvalue weighted by Gasteiger charge is -2.10. The average Bonchev–Trinajstić information content (AvgIpc) is 2.64. The van der Waals surface area contributed by atoms with Crippen molar-refractivity contribution in [3.8, 4) is 5.75 Å². The Kier molecular flexibility index (Phi) is 8.07. The summed E-state index contributed by atoms with van der Waals surface area (Å²) in [7, 11) is 0. The Hall–Kier alpha value is -2.60. The van der Waals surface area contributed by atoms with Gasteiger partial charge in [-0.3, -0.25) is 20.4 Å². The molecule has 0 aliphatic carbocycles. The molecule has 2 N–H and O–H groups in total. The molecule has 0 bridgehead atoms. The van der Waals surface area contributed by atoms with Crippen LogP contribution in [0.4, 0.5) is 4.39 Å². The molecule has 144 valence electrons. The second kappa shape index (κ2) is 10.5. The molecule has 0 aliphatic heterocycles. The molecular weight excluding hydrogens is 371 g/mol. The fourth-order valence-corrected chi connectivity index (χ4v) is 2.63. The number of halogens is 2. The predicted octanol–water partition coefficient (Wildman–Crippen LogP) is 3.73. The van der Waals surface area contributed by atoms with Crippen LogP contribution in [-0.4, -0.2) is 18.4 Å². The van der Waals surface area contributed by atoms with E-state index in [-0.39, 0.29) is 36.9 Å². The molecule has 2 rings (SSSR count). The van der Waals surface area contributed by atoms with E-state index in [2.05, 4.69) is 10.9 Å². The van der Waals surface area contributed by atoms with Crippen LogP contribution in [0.5, 0.6) is 5.75 Å². The van der Waals surface area contributed by atoms with Gasteiger partial charge in [0.15, 0.2) is 0 Å². The summed E-state index contributed by atoms with van der Waals surface area (Å²) < 4.78 is 19.1. The molecule has 0 fully saturated rings. The highest BCUT2D eigenvalue weighted by Gasteiger charge is 2.08. The summed E-state index contributed by atoms with van der Waals surface area (Å²) in [5, 5.41) is 0.643.